The second-order valence-corrected chi connectivity index (χ2v) is 11.0. The monoisotopic (exact) mass is 502 g/mol. The van der Waals surface area contributed by atoms with Crippen molar-refractivity contribution in [2.24, 2.45) is 4.99 Å². The van der Waals surface area contributed by atoms with Crippen LogP contribution in [-0.4, -0.2) is 57.8 Å². The third kappa shape index (κ3) is 4.52. The third-order valence-corrected chi connectivity index (χ3v) is 7.99. The number of likely N-dealkylation sites (N-methyl/N-ethyl adjacent to an activating group) is 1. The molecule has 0 radical (unpaired) electrons. The first kappa shape index (κ1) is 24.2. The molecule has 0 aliphatic carbocycles. The normalized spacial score (nSPS) is 17.6. The Morgan fingerprint density at radius 2 is 2.00 bits per heavy atom. The highest BCUT2D eigenvalue weighted by Gasteiger charge is 2.28. The van der Waals surface area contributed by atoms with Crippen LogP contribution in [0.3, 0.4) is 0 Å². The van der Waals surface area contributed by atoms with Gasteiger partial charge < -0.3 is 14.4 Å². The topological polar surface area (TPSA) is 76.0 Å². The van der Waals surface area contributed by atoms with E-state index in [0.717, 1.165) is 28.6 Å². The molecule has 0 fully saturated rings. The highest BCUT2D eigenvalue weighted by molar-refractivity contribution is 7.90. The van der Waals surface area contributed by atoms with Gasteiger partial charge in [-0.1, -0.05) is 30.7 Å². The van der Waals surface area contributed by atoms with E-state index in [1.165, 1.54) is 19.2 Å². The molecule has 0 bridgehead atoms. The van der Waals surface area contributed by atoms with E-state index >= 15 is 0 Å². The molecule has 1 unspecified atom stereocenters. The number of rotatable bonds is 6. The SMILES string of the molecule is CCS(=O)(=O)Cc1ccc2c(c1)C1=CN(C)C(C=O)C=C1CN=C2c1cc(OC)c(F)cc1Cl. The van der Waals surface area contributed by atoms with Crippen molar-refractivity contribution >= 4 is 39.0 Å². The van der Waals surface area contributed by atoms with Crippen molar-refractivity contribution < 1.29 is 22.3 Å². The van der Waals surface area contributed by atoms with Gasteiger partial charge in [0, 0.05) is 35.7 Å². The number of fused-ring (bicyclic) bond motifs is 3. The fourth-order valence-corrected chi connectivity index (χ4v) is 5.25. The van der Waals surface area contributed by atoms with Crippen molar-refractivity contribution in [3.05, 3.63) is 81.3 Å². The molecule has 9 heteroatoms. The summed E-state index contributed by atoms with van der Waals surface area (Å²) in [6, 6.07) is 7.67. The summed E-state index contributed by atoms with van der Waals surface area (Å²) in [5.41, 5.74) is 4.84. The van der Waals surface area contributed by atoms with Gasteiger partial charge in [0.2, 0.25) is 0 Å². The lowest BCUT2D eigenvalue weighted by Gasteiger charge is -2.27. The molecule has 2 aromatic carbocycles. The molecule has 2 aromatic rings. The average molecular weight is 503 g/mol. The molecule has 6 nitrogen and oxygen atoms in total. The number of halogens is 2. The number of benzene rings is 2. The van der Waals surface area contributed by atoms with Crippen molar-refractivity contribution in [3.63, 3.8) is 0 Å². The molecule has 34 heavy (non-hydrogen) atoms. The van der Waals surface area contributed by atoms with Crippen LogP contribution in [0, 0.1) is 5.82 Å². The lowest BCUT2D eigenvalue weighted by atomic mass is 9.88. The molecule has 0 aromatic heterocycles. The molecule has 2 aliphatic rings. The fraction of sp³-hybridized carbons (Fsp3) is 0.280. The van der Waals surface area contributed by atoms with Gasteiger partial charge in [0.1, 0.15) is 12.3 Å². The highest BCUT2D eigenvalue weighted by Crippen LogP contribution is 2.37. The second kappa shape index (κ2) is 9.35. The number of nitrogens with zero attached hydrogens (tertiary/aromatic N) is 2. The summed E-state index contributed by atoms with van der Waals surface area (Å²) >= 11 is 6.43. The maximum absolute atomic E-state index is 14.2. The van der Waals surface area contributed by atoms with E-state index in [2.05, 4.69) is 0 Å². The largest absolute Gasteiger partial charge is 0.494 e. The molecule has 0 saturated heterocycles. The van der Waals surface area contributed by atoms with E-state index in [1.807, 2.05) is 24.4 Å². The Morgan fingerprint density at radius 1 is 1.24 bits per heavy atom. The van der Waals surface area contributed by atoms with Crippen LogP contribution < -0.4 is 4.74 Å². The minimum atomic E-state index is -3.25. The Balaban J connectivity index is 1.95. The first-order valence-corrected chi connectivity index (χ1v) is 12.9. The van der Waals surface area contributed by atoms with Crippen LogP contribution in [0.2, 0.25) is 5.02 Å². The molecule has 2 heterocycles. The first-order valence-electron chi connectivity index (χ1n) is 10.7. The summed E-state index contributed by atoms with van der Waals surface area (Å²) in [4.78, 5) is 18.2. The maximum Gasteiger partial charge on any atom is 0.166 e. The highest BCUT2D eigenvalue weighted by atomic mass is 35.5. The van der Waals surface area contributed by atoms with Crippen LogP contribution >= 0.6 is 11.6 Å². The van der Waals surface area contributed by atoms with Crippen LogP contribution in [0.4, 0.5) is 4.39 Å². The zero-order chi connectivity index (χ0) is 24.6. The number of hydrogen-bond acceptors (Lipinski definition) is 6. The van der Waals surface area contributed by atoms with E-state index in [9.17, 15) is 17.6 Å². The van der Waals surface area contributed by atoms with Gasteiger partial charge in [-0.2, -0.15) is 0 Å². The Labute approximate surface area is 203 Å². The zero-order valence-electron chi connectivity index (χ0n) is 19.0. The standard InChI is InChI=1S/C25H24ClFN2O4S/c1-4-34(31,32)14-15-5-6-18-19(7-15)21-12-29(2)17(13-30)8-16(21)11-28-25(18)20-9-24(33-3)23(27)10-22(20)26/h5-10,12-13,17H,4,11,14H2,1-3H3. The molecule has 1 atom stereocenters. The number of methoxy groups -OCH3 is 1. The summed E-state index contributed by atoms with van der Waals surface area (Å²) < 4.78 is 44.0. The summed E-state index contributed by atoms with van der Waals surface area (Å²) in [6.45, 7) is 1.89. The van der Waals surface area contributed by atoms with Crippen molar-refractivity contribution in [2.75, 3.05) is 26.5 Å². The summed E-state index contributed by atoms with van der Waals surface area (Å²) in [7, 11) is -0.0692. The van der Waals surface area contributed by atoms with Crippen LogP contribution in [-0.2, 0) is 20.4 Å². The molecule has 0 N–H and O–H groups in total. The van der Waals surface area contributed by atoms with Gasteiger partial charge >= 0.3 is 0 Å². The Bertz CT molecular complexity index is 1370. The van der Waals surface area contributed by atoms with Crippen LogP contribution in [0.15, 0.2) is 53.2 Å². The van der Waals surface area contributed by atoms with Gasteiger partial charge in [-0.3, -0.25) is 4.99 Å². The van der Waals surface area contributed by atoms with Crippen LogP contribution in [0.25, 0.3) is 5.57 Å². The van der Waals surface area contributed by atoms with Crippen molar-refractivity contribution in [3.8, 4) is 5.75 Å². The maximum atomic E-state index is 14.2. The lowest BCUT2D eigenvalue weighted by molar-refractivity contribution is -0.110. The molecule has 178 valence electrons. The molecule has 2 aliphatic heterocycles. The molecule has 0 spiro atoms. The van der Waals surface area contributed by atoms with Gasteiger partial charge in [-0.05, 0) is 41.0 Å². The smallest absolute Gasteiger partial charge is 0.166 e. The minimum absolute atomic E-state index is 0.0372. The summed E-state index contributed by atoms with van der Waals surface area (Å²) in [6.07, 6.45) is 4.57. The van der Waals surface area contributed by atoms with Crippen molar-refractivity contribution in [2.45, 2.75) is 18.7 Å². The quantitative estimate of drug-likeness (QED) is 0.557. The van der Waals surface area contributed by atoms with Gasteiger partial charge in [0.05, 0.1) is 30.1 Å². The molecule has 0 amide bonds. The number of aldehydes is 1. The van der Waals surface area contributed by atoms with E-state index in [1.54, 1.807) is 24.9 Å². The fourth-order valence-electron chi connectivity index (χ4n) is 4.11. The third-order valence-electron chi connectivity index (χ3n) is 6.02. The van der Waals surface area contributed by atoms with E-state index < -0.39 is 21.7 Å². The summed E-state index contributed by atoms with van der Waals surface area (Å²) in [5.74, 6) is -0.595. The van der Waals surface area contributed by atoms with Gasteiger partial charge in [0.25, 0.3) is 0 Å². The van der Waals surface area contributed by atoms with Gasteiger partial charge in [0.15, 0.2) is 21.4 Å². The van der Waals surface area contributed by atoms with Crippen molar-refractivity contribution in [1.82, 2.24) is 4.90 Å². The summed E-state index contributed by atoms with van der Waals surface area (Å²) in [5, 5.41) is 0.177. The number of ether oxygens (including phenoxy) is 1. The zero-order valence-corrected chi connectivity index (χ0v) is 20.6. The Hall–Kier alpha value is -2.97. The predicted molar refractivity (Wildman–Crippen MR) is 132 cm³/mol. The average Bonchev–Trinajstić information content (AvgIpc) is 2.95. The predicted octanol–water partition coefficient (Wildman–Crippen LogP) is 4.05. The van der Waals surface area contributed by atoms with Gasteiger partial charge in [-0.25, -0.2) is 12.8 Å². The second-order valence-electron chi connectivity index (χ2n) is 8.21. The van der Waals surface area contributed by atoms with Crippen molar-refractivity contribution in [1.29, 1.82) is 0 Å². The molecule has 0 saturated carbocycles. The van der Waals surface area contributed by atoms with E-state index in [0.29, 0.717) is 16.8 Å². The number of sulfone groups is 1. The molecule has 4 rings (SSSR count). The number of carbonyl (C=O) groups is 1. The van der Waals surface area contributed by atoms with Crippen LogP contribution in [0.5, 0.6) is 5.75 Å². The number of hydrogen-bond donors (Lipinski definition) is 0. The molecular weight excluding hydrogens is 479 g/mol. The first-order chi connectivity index (χ1) is 16.2. The Morgan fingerprint density at radius 3 is 2.68 bits per heavy atom. The van der Waals surface area contributed by atoms with E-state index in [4.69, 9.17) is 21.3 Å². The minimum Gasteiger partial charge on any atom is -0.494 e. The Kier molecular flexibility index (Phi) is 6.64. The van der Waals surface area contributed by atoms with Gasteiger partial charge in [-0.15, -0.1) is 0 Å². The van der Waals surface area contributed by atoms with Crippen LogP contribution in [0.1, 0.15) is 29.2 Å². The number of aliphatic imine (C=N–C) groups is 1. The van der Waals surface area contributed by atoms with E-state index in [-0.39, 0.29) is 28.8 Å². The number of carbonyl (C=O) groups excluding carboxylic acids is 1. The lowest BCUT2D eigenvalue weighted by Crippen LogP contribution is -2.30. The molecular formula is C25H24ClFN2O4S.